The molecule has 3 rings (SSSR count). The summed E-state index contributed by atoms with van der Waals surface area (Å²) in [5.74, 6) is -1.56. The monoisotopic (exact) mass is 496 g/mol. The molecule has 0 aliphatic rings. The van der Waals surface area contributed by atoms with Crippen LogP contribution in [-0.2, 0) is 4.74 Å². The zero-order valence-corrected chi connectivity index (χ0v) is 21.3. The number of anilines is 3. The van der Waals surface area contributed by atoms with Crippen LogP contribution in [0.25, 0.3) is 10.9 Å². The lowest BCUT2D eigenvalue weighted by Gasteiger charge is -2.31. The Kier molecular flexibility index (Phi) is 7.96. The first-order chi connectivity index (χ1) is 16.8. The molecule has 0 radical (unpaired) electrons. The molecule has 0 aliphatic carbocycles. The van der Waals surface area contributed by atoms with Crippen LogP contribution in [-0.4, -0.2) is 39.7 Å². The maximum absolute atomic E-state index is 15.0. The molecule has 0 aliphatic heterocycles. The van der Waals surface area contributed by atoms with Crippen molar-refractivity contribution in [2.24, 2.45) is 11.7 Å². The molecule has 2 atom stereocenters. The van der Waals surface area contributed by atoms with Gasteiger partial charge in [-0.1, -0.05) is 19.9 Å². The number of nitrogens with one attached hydrogen (secondary N) is 3. The largest absolute Gasteiger partial charge is 0.444 e. The van der Waals surface area contributed by atoms with E-state index in [1.54, 1.807) is 40.0 Å². The van der Waals surface area contributed by atoms with Gasteiger partial charge in [0.15, 0.2) is 11.6 Å². The van der Waals surface area contributed by atoms with E-state index in [2.05, 4.69) is 25.9 Å². The first-order valence-corrected chi connectivity index (χ1v) is 11.7. The number of nitrogens with zero attached hydrogens (tertiary/aromatic N) is 2. The minimum atomic E-state index is -0.821. The number of hydrogen-bond donors (Lipinski definition) is 4. The van der Waals surface area contributed by atoms with Gasteiger partial charge in [-0.3, -0.25) is 9.78 Å². The van der Waals surface area contributed by atoms with E-state index in [9.17, 15) is 9.59 Å². The Bertz CT molecular complexity index is 1260. The maximum Gasteiger partial charge on any atom is 0.407 e. The van der Waals surface area contributed by atoms with Gasteiger partial charge in [0.25, 0.3) is 5.91 Å². The summed E-state index contributed by atoms with van der Waals surface area (Å²) in [7, 11) is 0. The normalized spacial score (nSPS) is 13.2. The van der Waals surface area contributed by atoms with E-state index in [0.717, 1.165) is 17.0 Å². The lowest BCUT2D eigenvalue weighted by atomic mass is 9.97. The van der Waals surface area contributed by atoms with E-state index in [0.29, 0.717) is 5.69 Å². The number of pyridine rings is 2. The van der Waals surface area contributed by atoms with Crippen molar-refractivity contribution in [2.45, 2.75) is 59.2 Å². The Morgan fingerprint density at radius 3 is 2.44 bits per heavy atom. The number of hydrogen-bond acceptors (Lipinski definition) is 7. The summed E-state index contributed by atoms with van der Waals surface area (Å²) in [4.78, 5) is 33.0. The van der Waals surface area contributed by atoms with Gasteiger partial charge < -0.3 is 26.4 Å². The molecule has 0 fully saturated rings. The average Bonchev–Trinajstić information content (AvgIpc) is 2.77. The summed E-state index contributed by atoms with van der Waals surface area (Å²) in [6, 6.07) is 9.38. The summed E-state index contributed by atoms with van der Waals surface area (Å²) in [5, 5.41) is 9.81. The summed E-state index contributed by atoms with van der Waals surface area (Å²) in [6.45, 7) is 11.0. The van der Waals surface area contributed by atoms with Crippen molar-refractivity contribution in [1.29, 1.82) is 0 Å². The minimum absolute atomic E-state index is 0.0173. The molecule has 2 aromatic heterocycles. The maximum atomic E-state index is 15.0. The summed E-state index contributed by atoms with van der Waals surface area (Å²) in [5.41, 5.74) is 6.19. The van der Waals surface area contributed by atoms with Crippen LogP contribution in [0.15, 0.2) is 42.6 Å². The highest BCUT2D eigenvalue weighted by Gasteiger charge is 2.27. The molecule has 0 saturated carbocycles. The molecule has 1 aromatic carbocycles. The number of amides is 2. The number of rotatable bonds is 8. The second-order valence-electron chi connectivity index (χ2n) is 9.96. The van der Waals surface area contributed by atoms with Crippen molar-refractivity contribution in [3.05, 3.63) is 54.0 Å². The van der Waals surface area contributed by atoms with Crippen LogP contribution in [0.4, 0.5) is 26.5 Å². The summed E-state index contributed by atoms with van der Waals surface area (Å²) < 4.78 is 20.4. The second-order valence-corrected chi connectivity index (χ2v) is 9.96. The lowest BCUT2D eigenvalue weighted by molar-refractivity contribution is 0.0499. The third-order valence-corrected chi connectivity index (χ3v) is 5.41. The highest BCUT2D eigenvalue weighted by molar-refractivity contribution is 5.99. The molecule has 192 valence electrons. The van der Waals surface area contributed by atoms with E-state index in [1.807, 2.05) is 38.1 Å². The number of carbonyl (C=O) groups is 2. The number of halogens is 1. The highest BCUT2D eigenvalue weighted by atomic mass is 19.1. The fourth-order valence-corrected chi connectivity index (χ4v) is 3.77. The molecule has 2 amide bonds. The van der Waals surface area contributed by atoms with Gasteiger partial charge in [-0.25, -0.2) is 14.2 Å². The van der Waals surface area contributed by atoms with Crippen molar-refractivity contribution in [2.75, 3.05) is 10.6 Å². The van der Waals surface area contributed by atoms with E-state index in [-0.39, 0.29) is 23.1 Å². The fourth-order valence-electron chi connectivity index (χ4n) is 3.77. The molecule has 2 heterocycles. The van der Waals surface area contributed by atoms with E-state index in [4.69, 9.17) is 10.5 Å². The van der Waals surface area contributed by atoms with Gasteiger partial charge in [0.05, 0.1) is 11.1 Å². The number of carbonyl (C=O) groups excluding carboxylic acids is 2. The SMILES string of the molecule is CC(C)[C@@H](Nc1nc(Nc2ccc3ncccc3c2)c(C(N)=O)cc1F)[C@H](C)NC(=O)OC(C)(C)C. The van der Waals surface area contributed by atoms with Gasteiger partial charge in [-0.2, -0.15) is 0 Å². The first-order valence-electron chi connectivity index (χ1n) is 11.7. The van der Waals surface area contributed by atoms with Crippen LogP contribution in [0.3, 0.4) is 0 Å². The number of aromatic nitrogens is 2. The fraction of sp³-hybridized carbons (Fsp3) is 0.385. The Morgan fingerprint density at radius 1 is 1.08 bits per heavy atom. The predicted octanol–water partition coefficient (Wildman–Crippen LogP) is 4.96. The predicted molar refractivity (Wildman–Crippen MR) is 139 cm³/mol. The van der Waals surface area contributed by atoms with E-state index in [1.165, 1.54) is 0 Å². The Morgan fingerprint density at radius 2 is 1.81 bits per heavy atom. The summed E-state index contributed by atoms with van der Waals surface area (Å²) >= 11 is 0. The number of nitrogens with two attached hydrogens (primary N) is 1. The van der Waals surface area contributed by atoms with Crippen LogP contribution < -0.4 is 21.7 Å². The van der Waals surface area contributed by atoms with Crippen molar-refractivity contribution >= 4 is 40.2 Å². The number of benzene rings is 1. The molecule has 9 nitrogen and oxygen atoms in total. The smallest absolute Gasteiger partial charge is 0.407 e. The third-order valence-electron chi connectivity index (χ3n) is 5.41. The molecule has 36 heavy (non-hydrogen) atoms. The van der Waals surface area contributed by atoms with Crippen LogP contribution in [0.1, 0.15) is 51.9 Å². The molecule has 0 unspecified atom stereocenters. The second kappa shape index (κ2) is 10.8. The third kappa shape index (κ3) is 6.80. The quantitative estimate of drug-likeness (QED) is 0.347. The van der Waals surface area contributed by atoms with Gasteiger partial charge in [-0.05, 0) is 63.9 Å². The lowest BCUT2D eigenvalue weighted by Crippen LogP contribution is -2.49. The number of primary amides is 1. The van der Waals surface area contributed by atoms with Gasteiger partial charge in [0.2, 0.25) is 0 Å². The molecule has 0 bridgehead atoms. The number of ether oxygens (including phenoxy) is 1. The van der Waals surface area contributed by atoms with Gasteiger partial charge in [0, 0.05) is 29.4 Å². The van der Waals surface area contributed by atoms with E-state index >= 15 is 4.39 Å². The van der Waals surface area contributed by atoms with Crippen LogP contribution in [0.2, 0.25) is 0 Å². The average molecular weight is 497 g/mol. The molecule has 0 spiro atoms. The minimum Gasteiger partial charge on any atom is -0.444 e. The molecule has 5 N–H and O–H groups in total. The number of alkyl carbamates (subject to hydrolysis) is 1. The molecule has 10 heteroatoms. The van der Waals surface area contributed by atoms with Crippen molar-refractivity contribution in [3.8, 4) is 0 Å². The zero-order chi connectivity index (χ0) is 26.6. The van der Waals surface area contributed by atoms with Crippen LogP contribution in [0.5, 0.6) is 0 Å². The molecular formula is C26H33FN6O3. The molecule has 0 saturated heterocycles. The molecular weight excluding hydrogens is 463 g/mol. The van der Waals surface area contributed by atoms with E-state index < -0.39 is 35.5 Å². The van der Waals surface area contributed by atoms with Crippen LogP contribution in [0, 0.1) is 11.7 Å². The topological polar surface area (TPSA) is 131 Å². The standard InChI is InChI=1S/C26H33FN6O3/c1-14(2)21(15(3)30-25(35)36-26(4,5)6)32-24-19(27)13-18(22(28)34)23(33-24)31-17-9-10-20-16(12-17)8-7-11-29-20/h7-15,21H,1-6H3,(H2,28,34)(H,30,35)(H2,31,32,33)/t15-,21+/m0/s1. The van der Waals surface area contributed by atoms with Gasteiger partial charge in [0.1, 0.15) is 11.4 Å². The van der Waals surface area contributed by atoms with Gasteiger partial charge >= 0.3 is 6.09 Å². The Labute approximate surface area is 210 Å². The van der Waals surface area contributed by atoms with Crippen molar-refractivity contribution in [3.63, 3.8) is 0 Å². The Hall–Kier alpha value is -3.95. The van der Waals surface area contributed by atoms with Gasteiger partial charge in [-0.15, -0.1) is 0 Å². The number of fused-ring (bicyclic) bond motifs is 1. The Balaban J connectivity index is 1.89. The zero-order valence-electron chi connectivity index (χ0n) is 21.3. The first kappa shape index (κ1) is 26.7. The van der Waals surface area contributed by atoms with Crippen LogP contribution >= 0.6 is 0 Å². The summed E-state index contributed by atoms with van der Waals surface area (Å²) in [6.07, 6.45) is 1.12. The highest BCUT2D eigenvalue weighted by Crippen LogP contribution is 2.27. The van der Waals surface area contributed by atoms with Crippen molar-refractivity contribution in [1.82, 2.24) is 15.3 Å². The molecule has 3 aromatic rings. The van der Waals surface area contributed by atoms with Crippen molar-refractivity contribution < 1.29 is 18.7 Å².